The fraction of sp³-hybridized carbons (Fsp3) is 0.222. The van der Waals surface area contributed by atoms with Crippen LogP contribution in [0.2, 0.25) is 0 Å². The van der Waals surface area contributed by atoms with Gasteiger partial charge in [0.15, 0.2) is 11.5 Å². The molecule has 0 radical (unpaired) electrons. The van der Waals surface area contributed by atoms with E-state index >= 15 is 0 Å². The molecule has 1 N–H and O–H groups in total. The predicted molar refractivity (Wildman–Crippen MR) is 88.0 cm³/mol. The van der Waals surface area contributed by atoms with Crippen LogP contribution in [0.15, 0.2) is 42.7 Å². The summed E-state index contributed by atoms with van der Waals surface area (Å²) in [5, 5.41) is 3.45. The number of nitrogens with one attached hydrogen (secondary N) is 1. The van der Waals surface area contributed by atoms with Crippen LogP contribution in [0.3, 0.4) is 0 Å². The van der Waals surface area contributed by atoms with E-state index in [1.54, 1.807) is 12.4 Å². The lowest BCUT2D eigenvalue weighted by Crippen LogP contribution is -2.12. The summed E-state index contributed by atoms with van der Waals surface area (Å²) in [5.41, 5.74) is 4.97. The Kier molecular flexibility index (Phi) is 2.64. The summed E-state index contributed by atoms with van der Waals surface area (Å²) >= 11 is 0. The van der Waals surface area contributed by atoms with E-state index in [-0.39, 0.29) is 5.41 Å². The van der Waals surface area contributed by atoms with Crippen molar-refractivity contribution in [1.82, 2.24) is 9.97 Å². The largest absolute Gasteiger partial charge is 0.453 e. The molecule has 0 fully saturated rings. The molecule has 0 spiro atoms. The van der Waals surface area contributed by atoms with Gasteiger partial charge in [0, 0.05) is 18.5 Å². The van der Waals surface area contributed by atoms with Crippen molar-refractivity contribution in [3.05, 3.63) is 48.3 Å². The normalized spacial score (nSPS) is 13.0. The molecule has 4 heteroatoms. The Bertz CT molecular complexity index is 881. The monoisotopic (exact) mass is 291 g/mol. The van der Waals surface area contributed by atoms with Crippen molar-refractivity contribution in [2.24, 2.45) is 0 Å². The Hall–Kier alpha value is -2.62. The molecule has 0 amide bonds. The Morgan fingerprint density at radius 3 is 2.27 bits per heavy atom. The highest BCUT2D eigenvalue weighted by Crippen LogP contribution is 2.44. The third-order valence-electron chi connectivity index (χ3n) is 3.91. The number of anilines is 2. The van der Waals surface area contributed by atoms with Crippen LogP contribution in [0.4, 0.5) is 11.4 Å². The van der Waals surface area contributed by atoms with Gasteiger partial charge < -0.3 is 10.1 Å². The first kappa shape index (κ1) is 13.1. The van der Waals surface area contributed by atoms with Crippen LogP contribution in [0, 0.1) is 0 Å². The highest BCUT2D eigenvalue weighted by atomic mass is 16.5. The van der Waals surface area contributed by atoms with Gasteiger partial charge in [0.2, 0.25) is 0 Å². The summed E-state index contributed by atoms with van der Waals surface area (Å²) in [6.07, 6.45) is 3.39. The number of hydrogen-bond donors (Lipinski definition) is 1. The van der Waals surface area contributed by atoms with E-state index in [0.717, 1.165) is 33.9 Å². The van der Waals surface area contributed by atoms with Crippen LogP contribution in [0.25, 0.3) is 11.0 Å². The van der Waals surface area contributed by atoms with Crippen LogP contribution >= 0.6 is 0 Å². The second-order valence-electron chi connectivity index (χ2n) is 6.58. The minimum absolute atomic E-state index is 0.103. The smallest absolute Gasteiger partial charge is 0.153 e. The van der Waals surface area contributed by atoms with E-state index in [1.807, 2.05) is 18.2 Å². The molecule has 22 heavy (non-hydrogen) atoms. The molecule has 0 saturated carbocycles. The molecule has 0 saturated heterocycles. The maximum absolute atomic E-state index is 6.02. The van der Waals surface area contributed by atoms with Crippen LogP contribution in [0.5, 0.6) is 11.5 Å². The predicted octanol–water partition coefficient (Wildman–Crippen LogP) is 4.78. The lowest BCUT2D eigenvalue weighted by molar-refractivity contribution is 0.480. The van der Waals surface area contributed by atoms with Crippen molar-refractivity contribution in [1.29, 1.82) is 0 Å². The van der Waals surface area contributed by atoms with Gasteiger partial charge in [-0.2, -0.15) is 0 Å². The molecule has 110 valence electrons. The summed E-state index contributed by atoms with van der Waals surface area (Å²) < 4.78 is 6.02. The maximum Gasteiger partial charge on any atom is 0.153 e. The van der Waals surface area contributed by atoms with Gasteiger partial charge in [-0.3, -0.25) is 9.97 Å². The first-order chi connectivity index (χ1) is 10.5. The zero-order valence-corrected chi connectivity index (χ0v) is 12.8. The van der Waals surface area contributed by atoms with Crippen molar-refractivity contribution in [3.8, 4) is 11.5 Å². The Morgan fingerprint density at radius 2 is 1.55 bits per heavy atom. The standard InChI is InChI=1S/C18H17N3O/c1-18(2,3)11-4-5-16-14(8-11)21-15-9-12-13(10-17(15)22-16)20-7-6-19-12/h4-10,21H,1-3H3. The highest BCUT2D eigenvalue weighted by Gasteiger charge is 2.21. The molecular weight excluding hydrogens is 274 g/mol. The molecule has 2 heterocycles. The zero-order chi connectivity index (χ0) is 15.3. The first-order valence-corrected chi connectivity index (χ1v) is 7.35. The topological polar surface area (TPSA) is 47.0 Å². The Labute approximate surface area is 129 Å². The summed E-state index contributed by atoms with van der Waals surface area (Å²) in [6, 6.07) is 10.2. The molecule has 4 rings (SSSR count). The minimum atomic E-state index is 0.103. The van der Waals surface area contributed by atoms with Crippen LogP contribution in [0.1, 0.15) is 26.3 Å². The number of benzene rings is 2. The number of nitrogens with zero attached hydrogens (tertiary/aromatic N) is 2. The number of ether oxygens (including phenoxy) is 1. The van der Waals surface area contributed by atoms with Gasteiger partial charge in [-0.1, -0.05) is 26.8 Å². The molecular formula is C18H17N3O. The molecule has 0 atom stereocenters. The van der Waals surface area contributed by atoms with E-state index in [0.29, 0.717) is 0 Å². The SMILES string of the molecule is CC(C)(C)c1ccc2c(c1)Nc1cc3nccnc3cc1O2. The van der Waals surface area contributed by atoms with E-state index in [2.05, 4.69) is 48.2 Å². The second-order valence-corrected chi connectivity index (χ2v) is 6.58. The fourth-order valence-corrected chi connectivity index (χ4v) is 2.62. The molecule has 1 aromatic heterocycles. The Morgan fingerprint density at radius 1 is 0.864 bits per heavy atom. The molecule has 2 aromatic carbocycles. The van der Waals surface area contributed by atoms with E-state index in [1.165, 1.54) is 5.56 Å². The molecule has 1 aliphatic heterocycles. The lowest BCUT2D eigenvalue weighted by atomic mass is 9.86. The molecule has 0 bridgehead atoms. The molecule has 0 aliphatic carbocycles. The lowest BCUT2D eigenvalue weighted by Gasteiger charge is -2.25. The van der Waals surface area contributed by atoms with Gasteiger partial charge >= 0.3 is 0 Å². The molecule has 1 aliphatic rings. The van der Waals surface area contributed by atoms with Crippen LogP contribution < -0.4 is 10.1 Å². The van der Waals surface area contributed by atoms with Crippen molar-refractivity contribution >= 4 is 22.4 Å². The second kappa shape index (κ2) is 4.44. The minimum Gasteiger partial charge on any atom is -0.453 e. The summed E-state index contributed by atoms with van der Waals surface area (Å²) in [5.74, 6) is 1.62. The van der Waals surface area contributed by atoms with Gasteiger partial charge in [0.1, 0.15) is 0 Å². The number of fused-ring (bicyclic) bond motifs is 3. The quantitative estimate of drug-likeness (QED) is 0.506. The molecule has 3 aromatic rings. The van der Waals surface area contributed by atoms with E-state index in [4.69, 9.17) is 4.74 Å². The molecule has 4 nitrogen and oxygen atoms in total. The summed E-state index contributed by atoms with van der Waals surface area (Å²) in [7, 11) is 0. The van der Waals surface area contributed by atoms with Gasteiger partial charge in [-0.25, -0.2) is 0 Å². The van der Waals surface area contributed by atoms with Crippen LogP contribution in [-0.4, -0.2) is 9.97 Å². The number of hydrogen-bond acceptors (Lipinski definition) is 4. The van der Waals surface area contributed by atoms with E-state index in [9.17, 15) is 0 Å². The van der Waals surface area contributed by atoms with Gasteiger partial charge in [0.05, 0.1) is 22.4 Å². The third kappa shape index (κ3) is 2.08. The fourth-order valence-electron chi connectivity index (χ4n) is 2.62. The number of rotatable bonds is 0. The third-order valence-corrected chi connectivity index (χ3v) is 3.91. The highest BCUT2D eigenvalue weighted by molar-refractivity contribution is 5.87. The summed E-state index contributed by atoms with van der Waals surface area (Å²) in [4.78, 5) is 8.67. The van der Waals surface area contributed by atoms with Gasteiger partial charge in [-0.15, -0.1) is 0 Å². The van der Waals surface area contributed by atoms with E-state index < -0.39 is 0 Å². The average Bonchev–Trinajstić information content (AvgIpc) is 2.49. The summed E-state index contributed by atoms with van der Waals surface area (Å²) in [6.45, 7) is 6.61. The Balaban J connectivity index is 1.81. The van der Waals surface area contributed by atoms with Crippen molar-refractivity contribution in [2.45, 2.75) is 26.2 Å². The first-order valence-electron chi connectivity index (χ1n) is 7.35. The van der Waals surface area contributed by atoms with Gasteiger partial charge in [-0.05, 0) is 29.2 Å². The van der Waals surface area contributed by atoms with Crippen molar-refractivity contribution in [2.75, 3.05) is 5.32 Å². The van der Waals surface area contributed by atoms with Crippen LogP contribution in [-0.2, 0) is 5.41 Å². The van der Waals surface area contributed by atoms with Crippen molar-refractivity contribution < 1.29 is 4.74 Å². The van der Waals surface area contributed by atoms with Crippen molar-refractivity contribution in [3.63, 3.8) is 0 Å². The molecule has 0 unspecified atom stereocenters. The zero-order valence-electron chi connectivity index (χ0n) is 12.8. The average molecular weight is 291 g/mol. The number of aromatic nitrogens is 2. The maximum atomic E-state index is 6.02. The van der Waals surface area contributed by atoms with Gasteiger partial charge in [0.25, 0.3) is 0 Å².